The minimum atomic E-state index is -0.290. The molecule has 0 radical (unpaired) electrons. The van der Waals surface area contributed by atoms with Crippen LogP contribution in [0.1, 0.15) is 27.2 Å². The third-order valence-corrected chi connectivity index (χ3v) is 3.36. The molecule has 5 nitrogen and oxygen atoms in total. The molecule has 1 saturated heterocycles. The molecule has 1 heterocycles. The van der Waals surface area contributed by atoms with Crippen molar-refractivity contribution in [1.82, 2.24) is 4.90 Å². The number of nitrogen functional groups attached to an aromatic ring is 1. The van der Waals surface area contributed by atoms with Gasteiger partial charge >= 0.3 is 0 Å². The fourth-order valence-electron chi connectivity index (χ4n) is 2.66. The first-order valence-electron chi connectivity index (χ1n) is 7.30. The molecule has 0 bridgehead atoms. The van der Waals surface area contributed by atoms with Gasteiger partial charge in [0.1, 0.15) is 5.75 Å². The van der Waals surface area contributed by atoms with Crippen LogP contribution in [-0.4, -0.2) is 42.2 Å². The van der Waals surface area contributed by atoms with E-state index in [9.17, 15) is 4.79 Å². The largest absolute Gasteiger partial charge is 0.493 e. The first-order chi connectivity index (χ1) is 9.85. The Kier molecular flexibility index (Phi) is 4.73. The minimum Gasteiger partial charge on any atom is -0.493 e. The highest BCUT2D eigenvalue weighted by atomic mass is 16.5. The van der Waals surface area contributed by atoms with E-state index in [1.165, 1.54) is 0 Å². The van der Waals surface area contributed by atoms with E-state index in [2.05, 4.69) is 0 Å². The summed E-state index contributed by atoms with van der Waals surface area (Å²) in [5, 5.41) is 0. The first kappa shape index (κ1) is 15.6. The van der Waals surface area contributed by atoms with Gasteiger partial charge in [-0.15, -0.1) is 0 Å². The lowest BCUT2D eigenvalue weighted by molar-refractivity contribution is -0.158. The van der Waals surface area contributed by atoms with E-state index in [-0.39, 0.29) is 17.6 Å². The molecule has 0 aliphatic carbocycles. The van der Waals surface area contributed by atoms with Crippen molar-refractivity contribution in [3.05, 3.63) is 24.3 Å². The van der Waals surface area contributed by atoms with Gasteiger partial charge in [-0.3, -0.25) is 4.79 Å². The van der Waals surface area contributed by atoms with Gasteiger partial charge in [0.05, 0.1) is 24.7 Å². The summed E-state index contributed by atoms with van der Waals surface area (Å²) >= 11 is 0. The summed E-state index contributed by atoms with van der Waals surface area (Å²) in [6.07, 6.45) is 0.421. The predicted octanol–water partition coefficient (Wildman–Crippen LogP) is 2.06. The van der Waals surface area contributed by atoms with Crippen molar-refractivity contribution in [2.24, 2.45) is 0 Å². The van der Waals surface area contributed by atoms with Crippen LogP contribution in [0.2, 0.25) is 0 Å². The van der Waals surface area contributed by atoms with Gasteiger partial charge in [-0.2, -0.15) is 0 Å². The smallest absolute Gasteiger partial charge is 0.226 e. The van der Waals surface area contributed by atoms with Crippen LogP contribution in [0, 0.1) is 0 Å². The maximum Gasteiger partial charge on any atom is 0.226 e. The van der Waals surface area contributed by atoms with Crippen LogP contribution in [0.15, 0.2) is 24.3 Å². The van der Waals surface area contributed by atoms with Gasteiger partial charge in [-0.05, 0) is 32.9 Å². The lowest BCUT2D eigenvalue weighted by Gasteiger charge is -2.41. The number of nitrogens with zero attached hydrogens (tertiary/aromatic N) is 1. The van der Waals surface area contributed by atoms with E-state index < -0.39 is 0 Å². The van der Waals surface area contributed by atoms with E-state index >= 15 is 0 Å². The van der Waals surface area contributed by atoms with Gasteiger partial charge in [0.15, 0.2) is 0 Å². The van der Waals surface area contributed by atoms with Crippen molar-refractivity contribution in [3.8, 4) is 5.75 Å². The van der Waals surface area contributed by atoms with Gasteiger partial charge in [0.25, 0.3) is 0 Å². The summed E-state index contributed by atoms with van der Waals surface area (Å²) in [5.41, 5.74) is 6.05. The number of benzene rings is 1. The molecule has 1 aromatic carbocycles. The van der Waals surface area contributed by atoms with E-state index in [4.69, 9.17) is 15.2 Å². The molecule has 0 aromatic heterocycles. The van der Waals surface area contributed by atoms with Crippen LogP contribution in [0.5, 0.6) is 5.75 Å². The molecule has 1 atom stereocenters. The number of anilines is 1. The fourth-order valence-corrected chi connectivity index (χ4v) is 2.66. The van der Waals surface area contributed by atoms with Crippen LogP contribution in [0.25, 0.3) is 0 Å². The van der Waals surface area contributed by atoms with E-state index in [1.54, 1.807) is 12.1 Å². The number of hydrogen-bond acceptors (Lipinski definition) is 4. The monoisotopic (exact) mass is 292 g/mol. The SMILES string of the molecule is CC1CN(C(=O)CCOc2cccc(N)c2)CC(C)(C)O1. The van der Waals surface area contributed by atoms with Crippen molar-refractivity contribution in [2.75, 3.05) is 25.4 Å². The molecule has 2 rings (SSSR count). The number of carbonyl (C=O) groups excluding carboxylic acids is 1. The van der Waals surface area contributed by atoms with Crippen molar-refractivity contribution < 1.29 is 14.3 Å². The molecule has 1 aromatic rings. The Morgan fingerprint density at radius 2 is 2.29 bits per heavy atom. The lowest BCUT2D eigenvalue weighted by atomic mass is 10.1. The topological polar surface area (TPSA) is 64.8 Å². The quantitative estimate of drug-likeness (QED) is 0.863. The van der Waals surface area contributed by atoms with Gasteiger partial charge in [-0.1, -0.05) is 6.07 Å². The van der Waals surface area contributed by atoms with Crippen LogP contribution < -0.4 is 10.5 Å². The molecule has 5 heteroatoms. The molecule has 2 N–H and O–H groups in total. The number of amides is 1. The third kappa shape index (κ3) is 4.63. The van der Waals surface area contributed by atoms with Crippen LogP contribution in [0.3, 0.4) is 0 Å². The summed E-state index contributed by atoms with van der Waals surface area (Å²) in [6.45, 7) is 7.62. The summed E-state index contributed by atoms with van der Waals surface area (Å²) in [4.78, 5) is 14.1. The van der Waals surface area contributed by atoms with Crippen LogP contribution in [-0.2, 0) is 9.53 Å². The number of rotatable bonds is 4. The van der Waals surface area contributed by atoms with Crippen molar-refractivity contribution in [2.45, 2.75) is 38.9 Å². The number of ether oxygens (including phenoxy) is 2. The second kappa shape index (κ2) is 6.35. The molecule has 1 unspecified atom stereocenters. The van der Waals surface area contributed by atoms with Gasteiger partial charge < -0.3 is 20.1 Å². The lowest BCUT2D eigenvalue weighted by Crippen LogP contribution is -2.53. The summed E-state index contributed by atoms with van der Waals surface area (Å²) < 4.78 is 11.4. The molecule has 1 amide bonds. The summed E-state index contributed by atoms with van der Waals surface area (Å²) in [5.74, 6) is 0.792. The molecule has 116 valence electrons. The average Bonchev–Trinajstić information content (AvgIpc) is 2.36. The number of nitrogens with two attached hydrogens (primary N) is 1. The highest BCUT2D eigenvalue weighted by molar-refractivity contribution is 5.76. The average molecular weight is 292 g/mol. The van der Waals surface area contributed by atoms with Crippen LogP contribution in [0.4, 0.5) is 5.69 Å². The minimum absolute atomic E-state index is 0.0625. The van der Waals surface area contributed by atoms with Gasteiger partial charge in [-0.25, -0.2) is 0 Å². The maximum absolute atomic E-state index is 12.3. The number of carbonyl (C=O) groups is 1. The summed E-state index contributed by atoms with van der Waals surface area (Å²) in [7, 11) is 0. The van der Waals surface area contributed by atoms with Gasteiger partial charge in [0, 0.05) is 24.8 Å². The Bertz CT molecular complexity index is 502. The first-order valence-corrected chi connectivity index (χ1v) is 7.30. The highest BCUT2D eigenvalue weighted by Crippen LogP contribution is 2.21. The molecule has 1 fully saturated rings. The maximum atomic E-state index is 12.3. The number of morpholine rings is 1. The fraction of sp³-hybridized carbons (Fsp3) is 0.562. The predicted molar refractivity (Wildman–Crippen MR) is 82.2 cm³/mol. The molecule has 0 saturated carbocycles. The van der Waals surface area contributed by atoms with Crippen molar-refractivity contribution in [3.63, 3.8) is 0 Å². The third-order valence-electron chi connectivity index (χ3n) is 3.36. The Hall–Kier alpha value is -1.75. The van der Waals surface area contributed by atoms with E-state index in [0.717, 1.165) is 0 Å². The zero-order chi connectivity index (χ0) is 15.5. The Morgan fingerprint density at radius 1 is 1.52 bits per heavy atom. The normalized spacial score (nSPS) is 21.1. The van der Waals surface area contributed by atoms with Crippen LogP contribution >= 0.6 is 0 Å². The van der Waals surface area contributed by atoms with Crippen molar-refractivity contribution >= 4 is 11.6 Å². The van der Waals surface area contributed by atoms with Crippen molar-refractivity contribution in [1.29, 1.82) is 0 Å². The Balaban J connectivity index is 1.82. The van der Waals surface area contributed by atoms with E-state index in [1.807, 2.05) is 37.8 Å². The Labute approximate surface area is 126 Å². The molecular formula is C16H24N2O3. The zero-order valence-corrected chi connectivity index (χ0v) is 13.0. The highest BCUT2D eigenvalue weighted by Gasteiger charge is 2.33. The number of hydrogen-bond donors (Lipinski definition) is 1. The van der Waals surface area contributed by atoms with E-state index in [0.29, 0.717) is 37.6 Å². The molecule has 1 aliphatic rings. The molecular weight excluding hydrogens is 268 g/mol. The zero-order valence-electron chi connectivity index (χ0n) is 13.0. The molecule has 0 spiro atoms. The Morgan fingerprint density at radius 3 is 2.95 bits per heavy atom. The summed E-state index contributed by atoms with van der Waals surface area (Å²) in [6, 6.07) is 7.22. The van der Waals surface area contributed by atoms with Gasteiger partial charge in [0.2, 0.25) is 5.91 Å². The standard InChI is InChI=1S/C16H24N2O3/c1-12-10-18(11-16(2,3)21-12)15(19)7-8-20-14-6-4-5-13(17)9-14/h4-6,9,12H,7-8,10-11,17H2,1-3H3. The second-order valence-corrected chi connectivity index (χ2v) is 6.13. The molecule has 21 heavy (non-hydrogen) atoms. The molecule has 1 aliphatic heterocycles. The second-order valence-electron chi connectivity index (χ2n) is 6.13.